The molecule has 0 bridgehead atoms. The summed E-state index contributed by atoms with van der Waals surface area (Å²) in [6, 6.07) is 13.2. The average Bonchev–Trinajstić information content (AvgIpc) is 2.99. The molecule has 0 spiro atoms. The van der Waals surface area contributed by atoms with Crippen LogP contribution in [0.15, 0.2) is 60.9 Å². The summed E-state index contributed by atoms with van der Waals surface area (Å²) in [5.41, 5.74) is 1.49. The van der Waals surface area contributed by atoms with Crippen LogP contribution in [0.4, 0.5) is 9.18 Å². The predicted molar refractivity (Wildman–Crippen MR) is 109 cm³/mol. The molecule has 148 valence electrons. The summed E-state index contributed by atoms with van der Waals surface area (Å²) in [5.74, 6) is -0.444. The van der Waals surface area contributed by atoms with Gasteiger partial charge in [0.05, 0.1) is 11.0 Å². The van der Waals surface area contributed by atoms with Gasteiger partial charge in [-0.05, 0) is 56.7 Å². The molecule has 0 saturated heterocycles. The minimum Gasteiger partial charge on any atom is -0.443 e. The Morgan fingerprint density at radius 2 is 1.76 bits per heavy atom. The van der Waals surface area contributed by atoms with Crippen molar-refractivity contribution in [1.29, 1.82) is 0 Å². The molecule has 1 unspecified atom stereocenters. The minimum atomic E-state index is -0.907. The molecule has 0 fully saturated rings. The Hall–Kier alpha value is -3.25. The second-order valence-corrected chi connectivity index (χ2v) is 7.94. The van der Waals surface area contributed by atoms with E-state index in [0.29, 0.717) is 22.2 Å². The van der Waals surface area contributed by atoms with Crippen LogP contribution in [-0.2, 0) is 4.74 Å². The highest BCUT2D eigenvalue weighted by molar-refractivity contribution is 6.12. The van der Waals surface area contributed by atoms with E-state index in [4.69, 9.17) is 4.74 Å². The fraction of sp³-hybridized carbons (Fsp3) is 0.217. The number of benzene rings is 2. The number of hydrogen-bond donors (Lipinski definition) is 1. The number of rotatable bonds is 2. The zero-order chi connectivity index (χ0) is 20.8. The van der Waals surface area contributed by atoms with Crippen molar-refractivity contribution in [1.82, 2.24) is 9.55 Å². The molecule has 4 rings (SSSR count). The number of aliphatic hydroxyl groups excluding tert-OH is 1. The van der Waals surface area contributed by atoms with Gasteiger partial charge in [-0.3, -0.25) is 4.98 Å². The third-order valence-electron chi connectivity index (χ3n) is 4.65. The summed E-state index contributed by atoms with van der Waals surface area (Å²) in [4.78, 5) is 17.0. The summed E-state index contributed by atoms with van der Waals surface area (Å²) in [7, 11) is 0. The highest BCUT2D eigenvalue weighted by Gasteiger charge is 2.23. The Bertz CT molecular complexity index is 1210. The number of carbonyl (C=O) groups is 1. The van der Waals surface area contributed by atoms with Crippen LogP contribution in [0, 0.1) is 5.82 Å². The van der Waals surface area contributed by atoms with Gasteiger partial charge in [0.2, 0.25) is 0 Å². The Kier molecular flexibility index (Phi) is 4.59. The van der Waals surface area contributed by atoms with Crippen molar-refractivity contribution in [3.8, 4) is 0 Å². The molecule has 0 amide bonds. The molecule has 0 radical (unpaired) electrons. The fourth-order valence-electron chi connectivity index (χ4n) is 3.41. The fourth-order valence-corrected chi connectivity index (χ4v) is 3.41. The lowest BCUT2D eigenvalue weighted by molar-refractivity contribution is 0.0551. The smallest absolute Gasteiger partial charge is 0.419 e. The number of aromatic nitrogens is 2. The number of nitrogens with zero attached hydrogens (tertiary/aromatic N) is 2. The van der Waals surface area contributed by atoms with Crippen LogP contribution >= 0.6 is 0 Å². The van der Waals surface area contributed by atoms with E-state index >= 15 is 0 Å². The molecule has 2 aromatic carbocycles. The van der Waals surface area contributed by atoms with Crippen molar-refractivity contribution in [2.75, 3.05) is 0 Å². The number of hydrogen-bond acceptors (Lipinski definition) is 4. The van der Waals surface area contributed by atoms with Gasteiger partial charge in [0.15, 0.2) is 0 Å². The predicted octanol–water partition coefficient (Wildman–Crippen LogP) is 5.19. The van der Waals surface area contributed by atoms with E-state index in [1.807, 2.05) is 6.07 Å². The molecule has 29 heavy (non-hydrogen) atoms. The van der Waals surface area contributed by atoms with Gasteiger partial charge in [0, 0.05) is 28.7 Å². The Balaban J connectivity index is 1.94. The molecule has 1 atom stereocenters. The zero-order valence-electron chi connectivity index (χ0n) is 16.4. The first kappa shape index (κ1) is 19.1. The van der Waals surface area contributed by atoms with Crippen molar-refractivity contribution in [2.45, 2.75) is 32.5 Å². The number of ether oxygens (including phenoxy) is 1. The highest BCUT2D eigenvalue weighted by Crippen LogP contribution is 2.33. The summed E-state index contributed by atoms with van der Waals surface area (Å²) in [5, 5.41) is 12.3. The van der Waals surface area contributed by atoms with E-state index in [9.17, 15) is 14.3 Å². The van der Waals surface area contributed by atoms with Crippen LogP contribution in [-0.4, -0.2) is 26.4 Å². The molecule has 0 aliphatic carbocycles. The number of halogens is 1. The van der Waals surface area contributed by atoms with Crippen molar-refractivity contribution in [3.63, 3.8) is 0 Å². The third-order valence-corrected chi connectivity index (χ3v) is 4.65. The molecule has 0 saturated carbocycles. The number of fused-ring (bicyclic) bond motifs is 3. The Labute approximate surface area is 167 Å². The maximum absolute atomic E-state index is 14.0. The monoisotopic (exact) mass is 392 g/mol. The molecular formula is C23H21FN2O3. The first-order valence-electron chi connectivity index (χ1n) is 9.29. The van der Waals surface area contributed by atoms with Crippen molar-refractivity contribution < 1.29 is 19.0 Å². The highest BCUT2D eigenvalue weighted by atomic mass is 19.1. The van der Waals surface area contributed by atoms with Gasteiger partial charge >= 0.3 is 6.09 Å². The van der Waals surface area contributed by atoms with Gasteiger partial charge in [0.25, 0.3) is 0 Å². The molecule has 5 nitrogen and oxygen atoms in total. The quantitative estimate of drug-likeness (QED) is 0.510. The summed E-state index contributed by atoms with van der Waals surface area (Å²) in [6.07, 6.45) is 1.72. The van der Waals surface area contributed by atoms with Crippen molar-refractivity contribution >= 4 is 27.9 Å². The van der Waals surface area contributed by atoms with Crippen LogP contribution in [0.25, 0.3) is 21.8 Å². The lowest BCUT2D eigenvalue weighted by Gasteiger charge is -2.20. The molecule has 0 aliphatic rings. The van der Waals surface area contributed by atoms with Gasteiger partial charge in [-0.2, -0.15) is 0 Å². The molecule has 6 heteroatoms. The van der Waals surface area contributed by atoms with Gasteiger partial charge in [0.1, 0.15) is 17.5 Å². The normalized spacial score (nSPS) is 13.0. The minimum absolute atomic E-state index is 0.419. The van der Waals surface area contributed by atoms with Gasteiger partial charge in [-0.1, -0.05) is 18.2 Å². The largest absolute Gasteiger partial charge is 0.443 e. The van der Waals surface area contributed by atoms with Crippen LogP contribution in [0.2, 0.25) is 0 Å². The van der Waals surface area contributed by atoms with E-state index in [0.717, 1.165) is 10.8 Å². The summed E-state index contributed by atoms with van der Waals surface area (Å²) >= 11 is 0. The number of carbonyl (C=O) groups excluding carboxylic acids is 1. The molecule has 4 aromatic rings. The Morgan fingerprint density at radius 3 is 2.41 bits per heavy atom. The van der Waals surface area contributed by atoms with Gasteiger partial charge in [-0.15, -0.1) is 0 Å². The standard InChI is InChI=1S/C23H21FN2O3/c1-23(2,3)29-22(28)26-19-11-14(21(27)15-5-4-10-25-13-15)6-8-17(19)18-9-7-16(24)12-20(18)26/h4-13,21,27H,1-3H3. The summed E-state index contributed by atoms with van der Waals surface area (Å²) in [6.45, 7) is 5.32. The van der Waals surface area contributed by atoms with Crippen LogP contribution in [0.1, 0.15) is 38.0 Å². The molecule has 2 heterocycles. The molecule has 0 aliphatic heterocycles. The van der Waals surface area contributed by atoms with E-state index < -0.39 is 23.6 Å². The maximum Gasteiger partial charge on any atom is 0.419 e. The van der Waals surface area contributed by atoms with Crippen LogP contribution in [0.5, 0.6) is 0 Å². The second-order valence-electron chi connectivity index (χ2n) is 7.94. The van der Waals surface area contributed by atoms with Crippen LogP contribution < -0.4 is 0 Å². The SMILES string of the molecule is CC(C)(C)OC(=O)n1c2cc(F)ccc2c2ccc(C(O)c3cccnc3)cc21. The first-order chi connectivity index (χ1) is 13.7. The molecule has 2 aromatic heterocycles. The lowest BCUT2D eigenvalue weighted by Crippen LogP contribution is -2.27. The Morgan fingerprint density at radius 1 is 1.07 bits per heavy atom. The maximum atomic E-state index is 14.0. The number of aliphatic hydroxyl groups is 1. The van der Waals surface area contributed by atoms with Crippen LogP contribution in [0.3, 0.4) is 0 Å². The third kappa shape index (κ3) is 3.59. The average molecular weight is 392 g/mol. The number of pyridine rings is 1. The van der Waals surface area contributed by atoms with E-state index in [1.165, 1.54) is 16.7 Å². The second kappa shape index (κ2) is 6.97. The topological polar surface area (TPSA) is 64.3 Å². The van der Waals surface area contributed by atoms with E-state index in [-0.39, 0.29) is 0 Å². The first-order valence-corrected chi connectivity index (χ1v) is 9.29. The lowest BCUT2D eigenvalue weighted by atomic mass is 10.0. The molecular weight excluding hydrogens is 371 g/mol. The van der Waals surface area contributed by atoms with E-state index in [1.54, 1.807) is 63.5 Å². The molecule has 1 N–H and O–H groups in total. The van der Waals surface area contributed by atoms with Gasteiger partial charge in [-0.25, -0.2) is 13.8 Å². The van der Waals surface area contributed by atoms with Gasteiger partial charge < -0.3 is 9.84 Å². The zero-order valence-corrected chi connectivity index (χ0v) is 16.4. The van der Waals surface area contributed by atoms with Crippen molar-refractivity contribution in [2.24, 2.45) is 0 Å². The van der Waals surface area contributed by atoms with Crippen molar-refractivity contribution in [3.05, 3.63) is 77.9 Å². The summed E-state index contributed by atoms with van der Waals surface area (Å²) < 4.78 is 20.9. The van der Waals surface area contributed by atoms with E-state index in [2.05, 4.69) is 4.98 Å².